The molecule has 1 aromatic carbocycles. The van der Waals surface area contributed by atoms with Gasteiger partial charge in [0.05, 0.1) is 25.3 Å². The maximum absolute atomic E-state index is 12.9. The fourth-order valence-electron chi connectivity index (χ4n) is 3.00. The molecule has 6 nitrogen and oxygen atoms in total. The van der Waals surface area contributed by atoms with Gasteiger partial charge >= 0.3 is 0 Å². The topological polar surface area (TPSA) is 66.9 Å². The molecule has 1 unspecified atom stereocenters. The number of benzene rings is 1. The van der Waals surface area contributed by atoms with Crippen LogP contribution in [0.3, 0.4) is 0 Å². The maximum Gasteiger partial charge on any atom is 0.257 e. The highest BCUT2D eigenvalue weighted by molar-refractivity contribution is 7.09. The third kappa shape index (κ3) is 3.62. The van der Waals surface area contributed by atoms with Crippen molar-refractivity contribution in [3.8, 4) is 5.75 Å². The zero-order valence-corrected chi connectivity index (χ0v) is 15.5. The van der Waals surface area contributed by atoms with Crippen molar-refractivity contribution in [3.05, 3.63) is 46.7 Å². The number of carbonyl (C=O) groups excluding carboxylic acids is 3. The summed E-state index contributed by atoms with van der Waals surface area (Å²) in [4.78, 5) is 41.1. The second-order valence-corrected chi connectivity index (χ2v) is 6.97. The number of anilines is 1. The summed E-state index contributed by atoms with van der Waals surface area (Å²) in [6, 6.07) is 9.84. The van der Waals surface area contributed by atoms with Crippen molar-refractivity contribution in [1.82, 2.24) is 4.90 Å². The van der Waals surface area contributed by atoms with Gasteiger partial charge in [0.15, 0.2) is 0 Å². The average Bonchev–Trinajstić information content (AvgIpc) is 3.22. The van der Waals surface area contributed by atoms with Crippen LogP contribution in [0.2, 0.25) is 0 Å². The molecule has 1 saturated heterocycles. The molecule has 0 saturated carbocycles. The van der Waals surface area contributed by atoms with Crippen molar-refractivity contribution in [2.24, 2.45) is 0 Å². The van der Waals surface area contributed by atoms with E-state index in [-0.39, 0.29) is 24.1 Å². The van der Waals surface area contributed by atoms with E-state index in [1.54, 1.807) is 24.3 Å². The third-order valence-electron chi connectivity index (χ3n) is 4.22. The lowest BCUT2D eigenvalue weighted by Gasteiger charge is -2.26. The predicted octanol–water partition coefficient (Wildman–Crippen LogP) is 2.83. The summed E-state index contributed by atoms with van der Waals surface area (Å²) >= 11 is 1.52. The van der Waals surface area contributed by atoms with E-state index in [2.05, 4.69) is 0 Å². The molecule has 1 aliphatic rings. The largest absolute Gasteiger partial charge is 0.494 e. The number of hydrogen-bond acceptors (Lipinski definition) is 5. The van der Waals surface area contributed by atoms with E-state index in [0.717, 1.165) is 9.78 Å². The molecule has 0 aliphatic carbocycles. The van der Waals surface area contributed by atoms with Crippen molar-refractivity contribution in [2.75, 3.05) is 11.5 Å². The van der Waals surface area contributed by atoms with E-state index in [9.17, 15) is 14.4 Å². The van der Waals surface area contributed by atoms with Crippen LogP contribution >= 0.6 is 11.3 Å². The van der Waals surface area contributed by atoms with Crippen LogP contribution in [0.25, 0.3) is 0 Å². The van der Waals surface area contributed by atoms with Crippen molar-refractivity contribution in [1.29, 1.82) is 0 Å². The van der Waals surface area contributed by atoms with Gasteiger partial charge in [0.2, 0.25) is 11.8 Å². The Morgan fingerprint density at radius 3 is 2.58 bits per heavy atom. The number of nitrogens with zero attached hydrogens (tertiary/aromatic N) is 2. The van der Waals surface area contributed by atoms with Crippen LogP contribution in [0.15, 0.2) is 41.8 Å². The summed E-state index contributed by atoms with van der Waals surface area (Å²) in [6.45, 7) is 4.17. The van der Waals surface area contributed by atoms with Gasteiger partial charge in [-0.2, -0.15) is 0 Å². The van der Waals surface area contributed by atoms with Gasteiger partial charge in [0.1, 0.15) is 11.8 Å². The number of imide groups is 1. The van der Waals surface area contributed by atoms with Gasteiger partial charge in [0.25, 0.3) is 5.91 Å². The Labute approximate surface area is 156 Å². The fourth-order valence-corrected chi connectivity index (χ4v) is 3.70. The highest BCUT2D eigenvalue weighted by Gasteiger charge is 2.43. The van der Waals surface area contributed by atoms with Crippen LogP contribution in [0.1, 0.15) is 25.1 Å². The Bertz CT molecular complexity index is 801. The summed E-state index contributed by atoms with van der Waals surface area (Å²) in [5, 5.41) is 1.92. The SMILES string of the molecule is CCOc1ccc(N2C(=O)CC(N(Cc3cccs3)C(C)=O)C2=O)cc1. The number of ether oxygens (including phenoxy) is 1. The first-order valence-corrected chi connectivity index (χ1v) is 9.28. The van der Waals surface area contributed by atoms with E-state index < -0.39 is 6.04 Å². The molecule has 1 atom stereocenters. The minimum atomic E-state index is -0.770. The predicted molar refractivity (Wildman–Crippen MR) is 99.1 cm³/mol. The zero-order valence-electron chi connectivity index (χ0n) is 14.7. The quantitative estimate of drug-likeness (QED) is 0.732. The molecule has 2 heterocycles. The molecule has 3 amide bonds. The number of amides is 3. The van der Waals surface area contributed by atoms with E-state index >= 15 is 0 Å². The Morgan fingerprint density at radius 2 is 2.00 bits per heavy atom. The monoisotopic (exact) mass is 372 g/mol. The van der Waals surface area contributed by atoms with E-state index in [0.29, 0.717) is 24.6 Å². The highest BCUT2D eigenvalue weighted by atomic mass is 32.1. The molecule has 0 bridgehead atoms. The molecule has 7 heteroatoms. The first kappa shape index (κ1) is 18.1. The summed E-state index contributed by atoms with van der Waals surface area (Å²) in [7, 11) is 0. The Morgan fingerprint density at radius 1 is 1.27 bits per heavy atom. The molecular weight excluding hydrogens is 352 g/mol. The van der Waals surface area contributed by atoms with Crippen molar-refractivity contribution in [2.45, 2.75) is 32.9 Å². The van der Waals surface area contributed by atoms with Crippen LogP contribution in [-0.2, 0) is 20.9 Å². The zero-order chi connectivity index (χ0) is 18.7. The van der Waals surface area contributed by atoms with Gasteiger partial charge < -0.3 is 9.64 Å². The Kier molecular flexibility index (Phi) is 5.37. The fraction of sp³-hybridized carbons (Fsp3) is 0.316. The second-order valence-electron chi connectivity index (χ2n) is 5.94. The van der Waals surface area contributed by atoms with Gasteiger partial charge in [-0.3, -0.25) is 14.4 Å². The molecule has 136 valence electrons. The molecule has 26 heavy (non-hydrogen) atoms. The first-order chi connectivity index (χ1) is 12.5. The molecular formula is C19H20N2O4S. The maximum atomic E-state index is 12.9. The number of thiophene rings is 1. The second kappa shape index (κ2) is 7.70. The Hall–Kier alpha value is -2.67. The number of rotatable bonds is 6. The molecule has 1 fully saturated rings. The number of hydrogen-bond donors (Lipinski definition) is 0. The molecule has 2 aromatic rings. The summed E-state index contributed by atoms with van der Waals surface area (Å²) in [5.41, 5.74) is 0.491. The van der Waals surface area contributed by atoms with E-state index in [1.165, 1.54) is 23.2 Å². The molecule has 1 aromatic heterocycles. The van der Waals surface area contributed by atoms with Gasteiger partial charge in [-0.15, -0.1) is 11.3 Å². The van der Waals surface area contributed by atoms with E-state index in [1.807, 2.05) is 24.4 Å². The van der Waals surface area contributed by atoms with Gasteiger partial charge in [-0.1, -0.05) is 6.07 Å². The number of carbonyl (C=O) groups is 3. The van der Waals surface area contributed by atoms with Gasteiger partial charge in [-0.25, -0.2) is 4.90 Å². The van der Waals surface area contributed by atoms with Gasteiger partial charge in [-0.05, 0) is 42.6 Å². The normalized spacial score (nSPS) is 16.8. The summed E-state index contributed by atoms with van der Waals surface area (Å²) < 4.78 is 5.39. The van der Waals surface area contributed by atoms with Crippen LogP contribution in [0, 0.1) is 0 Å². The average molecular weight is 372 g/mol. The third-order valence-corrected chi connectivity index (χ3v) is 5.08. The first-order valence-electron chi connectivity index (χ1n) is 8.40. The van der Waals surface area contributed by atoms with Crippen LogP contribution in [-0.4, -0.2) is 35.3 Å². The summed E-state index contributed by atoms with van der Waals surface area (Å²) in [5.74, 6) is -0.222. The van der Waals surface area contributed by atoms with Crippen molar-refractivity contribution < 1.29 is 19.1 Å². The van der Waals surface area contributed by atoms with Crippen LogP contribution < -0.4 is 9.64 Å². The van der Waals surface area contributed by atoms with Crippen LogP contribution in [0.5, 0.6) is 5.75 Å². The standard InChI is InChI=1S/C19H20N2O4S/c1-3-25-15-8-6-14(7-9-15)21-18(23)11-17(19(21)24)20(13(2)22)12-16-5-4-10-26-16/h4-10,17H,3,11-12H2,1-2H3. The molecule has 0 radical (unpaired) electrons. The lowest BCUT2D eigenvalue weighted by molar-refractivity contribution is -0.137. The molecule has 3 rings (SSSR count). The smallest absolute Gasteiger partial charge is 0.257 e. The summed E-state index contributed by atoms with van der Waals surface area (Å²) in [6.07, 6.45) is -0.00298. The van der Waals surface area contributed by atoms with E-state index in [4.69, 9.17) is 4.74 Å². The van der Waals surface area contributed by atoms with Crippen molar-refractivity contribution >= 4 is 34.7 Å². The molecule has 1 aliphatic heterocycles. The lowest BCUT2D eigenvalue weighted by atomic mass is 10.2. The van der Waals surface area contributed by atoms with Crippen molar-refractivity contribution in [3.63, 3.8) is 0 Å². The van der Waals surface area contributed by atoms with Crippen LogP contribution in [0.4, 0.5) is 5.69 Å². The molecule has 0 spiro atoms. The van der Waals surface area contributed by atoms with Gasteiger partial charge in [0, 0.05) is 11.8 Å². The highest BCUT2D eigenvalue weighted by Crippen LogP contribution is 2.28. The minimum Gasteiger partial charge on any atom is -0.494 e. The minimum absolute atomic E-state index is 0.00298. The molecule has 0 N–H and O–H groups in total. The Balaban J connectivity index is 1.81. The lowest BCUT2D eigenvalue weighted by Crippen LogP contribution is -2.44.